The summed E-state index contributed by atoms with van der Waals surface area (Å²) in [5, 5.41) is 4.75. The van der Waals surface area contributed by atoms with Crippen molar-refractivity contribution in [2.75, 3.05) is 7.05 Å². The van der Waals surface area contributed by atoms with Crippen LogP contribution in [0.25, 0.3) is 16.9 Å². The molecule has 0 aliphatic heterocycles. The highest BCUT2D eigenvalue weighted by Gasteiger charge is 2.21. The summed E-state index contributed by atoms with van der Waals surface area (Å²) < 4.78 is 1.77. The average molecular weight is 382 g/mol. The molecule has 4 rings (SSSR count). The van der Waals surface area contributed by atoms with Gasteiger partial charge in [-0.15, -0.1) is 0 Å². The van der Waals surface area contributed by atoms with Crippen LogP contribution in [0.1, 0.15) is 21.5 Å². The molecule has 4 aromatic rings. The lowest BCUT2D eigenvalue weighted by atomic mass is 10.1. The maximum absolute atomic E-state index is 13.3. The molecule has 0 saturated carbocycles. The van der Waals surface area contributed by atoms with E-state index in [1.54, 1.807) is 29.0 Å². The van der Waals surface area contributed by atoms with E-state index >= 15 is 0 Å². The Balaban J connectivity index is 1.72. The van der Waals surface area contributed by atoms with Crippen molar-refractivity contribution < 1.29 is 4.79 Å². The van der Waals surface area contributed by atoms with Crippen LogP contribution in [0.5, 0.6) is 0 Å². The molecule has 0 atom stereocenters. The van der Waals surface area contributed by atoms with Crippen molar-refractivity contribution in [2.24, 2.45) is 0 Å². The van der Waals surface area contributed by atoms with Gasteiger partial charge in [-0.25, -0.2) is 4.68 Å². The molecule has 0 N–H and O–H groups in total. The summed E-state index contributed by atoms with van der Waals surface area (Å²) >= 11 is 0. The second-order valence-corrected chi connectivity index (χ2v) is 7.05. The van der Waals surface area contributed by atoms with E-state index in [9.17, 15) is 4.79 Å². The normalized spacial score (nSPS) is 10.7. The molecule has 0 bridgehead atoms. The van der Waals surface area contributed by atoms with E-state index in [1.807, 2.05) is 79.9 Å². The lowest BCUT2D eigenvalue weighted by Gasteiger charge is -2.17. The lowest BCUT2D eigenvalue weighted by Crippen LogP contribution is -2.26. The molecule has 0 aliphatic carbocycles. The number of nitrogens with zero attached hydrogens (tertiary/aromatic N) is 4. The fourth-order valence-corrected chi connectivity index (χ4v) is 3.21. The maximum Gasteiger partial charge on any atom is 0.257 e. The predicted octanol–water partition coefficient (Wildman–Crippen LogP) is 4.51. The Morgan fingerprint density at radius 3 is 2.34 bits per heavy atom. The summed E-state index contributed by atoms with van der Waals surface area (Å²) in [6, 6.07) is 21.7. The quantitative estimate of drug-likeness (QED) is 0.510. The molecule has 0 fully saturated rings. The highest BCUT2D eigenvalue weighted by molar-refractivity contribution is 5.99. The van der Waals surface area contributed by atoms with Gasteiger partial charge in [0.1, 0.15) is 5.69 Å². The van der Waals surface area contributed by atoms with Gasteiger partial charge in [-0.3, -0.25) is 9.78 Å². The lowest BCUT2D eigenvalue weighted by molar-refractivity contribution is 0.0786. The Kier molecular flexibility index (Phi) is 5.20. The molecule has 29 heavy (non-hydrogen) atoms. The SMILES string of the molecule is Cc1ccc(-n2cc(C(=O)N(C)Cc3ccncc3)c(-c3ccccc3)n2)cc1. The summed E-state index contributed by atoms with van der Waals surface area (Å²) in [7, 11) is 1.81. The first kappa shape index (κ1) is 18.6. The van der Waals surface area contributed by atoms with Gasteiger partial charge in [-0.2, -0.15) is 5.10 Å². The van der Waals surface area contributed by atoms with E-state index in [-0.39, 0.29) is 5.91 Å². The molecule has 5 nitrogen and oxygen atoms in total. The number of aryl methyl sites for hydroxylation is 1. The molecule has 0 radical (unpaired) electrons. The molecule has 0 unspecified atom stereocenters. The van der Waals surface area contributed by atoms with Gasteiger partial charge in [0.15, 0.2) is 0 Å². The minimum absolute atomic E-state index is 0.0703. The summed E-state index contributed by atoms with van der Waals surface area (Å²) in [5.74, 6) is -0.0703. The third kappa shape index (κ3) is 4.09. The van der Waals surface area contributed by atoms with Gasteiger partial charge in [0.25, 0.3) is 5.91 Å². The first-order valence-electron chi connectivity index (χ1n) is 9.48. The van der Waals surface area contributed by atoms with E-state index in [0.29, 0.717) is 17.8 Å². The molecule has 2 heterocycles. The fraction of sp³-hybridized carbons (Fsp3) is 0.125. The van der Waals surface area contributed by atoms with Crippen LogP contribution in [0.3, 0.4) is 0 Å². The van der Waals surface area contributed by atoms with Crippen molar-refractivity contribution in [3.8, 4) is 16.9 Å². The minimum atomic E-state index is -0.0703. The van der Waals surface area contributed by atoms with Crippen molar-refractivity contribution in [1.29, 1.82) is 0 Å². The molecular weight excluding hydrogens is 360 g/mol. The number of pyridine rings is 1. The molecule has 5 heteroatoms. The summed E-state index contributed by atoms with van der Waals surface area (Å²) in [6.45, 7) is 2.55. The van der Waals surface area contributed by atoms with E-state index in [2.05, 4.69) is 4.98 Å². The number of carbonyl (C=O) groups excluding carboxylic acids is 1. The van der Waals surface area contributed by atoms with E-state index in [4.69, 9.17) is 5.10 Å². The van der Waals surface area contributed by atoms with Crippen molar-refractivity contribution in [1.82, 2.24) is 19.7 Å². The molecular formula is C24H22N4O. The zero-order valence-corrected chi connectivity index (χ0v) is 16.5. The standard InChI is InChI=1S/C24H22N4O/c1-18-8-10-21(11-9-18)28-17-22(23(26-28)20-6-4-3-5-7-20)24(29)27(2)16-19-12-14-25-15-13-19/h3-15,17H,16H2,1-2H3. The fourth-order valence-electron chi connectivity index (χ4n) is 3.21. The molecule has 2 aromatic carbocycles. The van der Waals surface area contributed by atoms with Gasteiger partial charge in [-0.1, -0.05) is 48.0 Å². The van der Waals surface area contributed by atoms with Gasteiger partial charge in [0, 0.05) is 37.7 Å². The van der Waals surface area contributed by atoms with Crippen molar-refractivity contribution in [3.05, 3.63) is 102 Å². The van der Waals surface area contributed by atoms with Crippen LogP contribution in [0, 0.1) is 6.92 Å². The number of amides is 1. The third-order valence-corrected chi connectivity index (χ3v) is 4.81. The number of hydrogen-bond donors (Lipinski definition) is 0. The number of carbonyl (C=O) groups is 1. The van der Waals surface area contributed by atoms with Crippen LogP contribution < -0.4 is 0 Å². The molecule has 144 valence electrons. The summed E-state index contributed by atoms with van der Waals surface area (Å²) in [4.78, 5) is 19.0. The second-order valence-electron chi connectivity index (χ2n) is 7.05. The van der Waals surface area contributed by atoms with Crippen LogP contribution >= 0.6 is 0 Å². The minimum Gasteiger partial charge on any atom is -0.337 e. The van der Waals surface area contributed by atoms with Gasteiger partial charge in [0.05, 0.1) is 11.3 Å². The Bertz CT molecular complexity index is 1100. The van der Waals surface area contributed by atoms with Crippen LogP contribution in [0.4, 0.5) is 0 Å². The molecule has 2 aromatic heterocycles. The molecule has 0 aliphatic rings. The summed E-state index contributed by atoms with van der Waals surface area (Å²) in [5.41, 5.74) is 5.30. The molecule has 0 spiro atoms. The zero-order chi connectivity index (χ0) is 20.2. The zero-order valence-electron chi connectivity index (χ0n) is 16.5. The van der Waals surface area contributed by atoms with Crippen molar-refractivity contribution in [3.63, 3.8) is 0 Å². The van der Waals surface area contributed by atoms with E-state index < -0.39 is 0 Å². The van der Waals surface area contributed by atoms with E-state index in [0.717, 1.165) is 16.8 Å². The number of aromatic nitrogens is 3. The molecule has 1 amide bonds. The smallest absolute Gasteiger partial charge is 0.257 e. The maximum atomic E-state index is 13.3. The number of rotatable bonds is 5. The van der Waals surface area contributed by atoms with Gasteiger partial charge in [0.2, 0.25) is 0 Å². The largest absolute Gasteiger partial charge is 0.337 e. The first-order valence-corrected chi connectivity index (χ1v) is 9.48. The van der Waals surface area contributed by atoms with Crippen LogP contribution in [0.15, 0.2) is 85.3 Å². The first-order chi connectivity index (χ1) is 14.1. The Labute approximate surface area is 170 Å². The van der Waals surface area contributed by atoms with E-state index in [1.165, 1.54) is 5.56 Å². The topological polar surface area (TPSA) is 51.0 Å². The van der Waals surface area contributed by atoms with Crippen molar-refractivity contribution in [2.45, 2.75) is 13.5 Å². The van der Waals surface area contributed by atoms with Gasteiger partial charge in [-0.05, 0) is 36.8 Å². The highest BCUT2D eigenvalue weighted by Crippen LogP contribution is 2.25. The Hall–Kier alpha value is -3.73. The van der Waals surface area contributed by atoms with Gasteiger partial charge < -0.3 is 4.90 Å². The second kappa shape index (κ2) is 8.10. The summed E-state index contributed by atoms with van der Waals surface area (Å²) in [6.07, 6.45) is 5.29. The average Bonchev–Trinajstić information content (AvgIpc) is 3.20. The van der Waals surface area contributed by atoms with Crippen LogP contribution in [0.2, 0.25) is 0 Å². The molecule has 0 saturated heterocycles. The van der Waals surface area contributed by atoms with Crippen LogP contribution in [-0.2, 0) is 6.54 Å². The predicted molar refractivity (Wildman–Crippen MR) is 114 cm³/mol. The Morgan fingerprint density at radius 2 is 1.66 bits per heavy atom. The van der Waals surface area contributed by atoms with Crippen LogP contribution in [-0.4, -0.2) is 32.6 Å². The third-order valence-electron chi connectivity index (χ3n) is 4.81. The number of hydrogen-bond acceptors (Lipinski definition) is 3. The van der Waals surface area contributed by atoms with Crippen molar-refractivity contribution >= 4 is 5.91 Å². The van der Waals surface area contributed by atoms with Gasteiger partial charge >= 0.3 is 0 Å². The number of benzene rings is 2. The monoisotopic (exact) mass is 382 g/mol. The highest BCUT2D eigenvalue weighted by atomic mass is 16.2. The Morgan fingerprint density at radius 1 is 0.966 bits per heavy atom.